The number of aromatic nitrogens is 1. The van der Waals surface area contributed by atoms with E-state index in [0.29, 0.717) is 5.92 Å². The lowest BCUT2D eigenvalue weighted by Gasteiger charge is -2.36. The molecule has 4 nitrogen and oxygen atoms in total. The summed E-state index contributed by atoms with van der Waals surface area (Å²) in [7, 11) is 0. The zero-order valence-electron chi connectivity index (χ0n) is 28.0. The van der Waals surface area contributed by atoms with Gasteiger partial charge in [-0.2, -0.15) is 0 Å². The van der Waals surface area contributed by atoms with Crippen molar-refractivity contribution in [3.05, 3.63) is 185 Å². The van der Waals surface area contributed by atoms with Crippen LogP contribution in [0.2, 0.25) is 0 Å². The van der Waals surface area contributed by atoms with Gasteiger partial charge in [-0.05, 0) is 55.0 Å². The van der Waals surface area contributed by atoms with Crippen LogP contribution in [0.5, 0.6) is 0 Å². The third kappa shape index (κ3) is 4.69. The lowest BCUT2D eigenvalue weighted by molar-refractivity contribution is 0.177. The van der Waals surface area contributed by atoms with E-state index in [1.807, 2.05) is 0 Å². The number of benzene rings is 3. The molecule has 4 unspecified atom stereocenters. The highest BCUT2D eigenvalue weighted by atomic mass is 16.5. The third-order valence-electron chi connectivity index (χ3n) is 11.1. The highest BCUT2D eigenvalue weighted by Crippen LogP contribution is 2.49. The Kier molecular flexibility index (Phi) is 7.07. The number of nitrogens with zero attached hydrogens (tertiary/aromatic N) is 2. The predicted octanol–water partition coefficient (Wildman–Crippen LogP) is 10.4. The Labute approximate surface area is 293 Å². The molecule has 0 spiro atoms. The lowest BCUT2D eigenvalue weighted by Crippen LogP contribution is -2.45. The topological polar surface area (TPSA) is 38.5 Å². The molecule has 0 radical (unpaired) electrons. The number of para-hydroxylation sites is 2. The number of allylic oxidation sites excluding steroid dienone is 9. The number of hydrogen-bond donors (Lipinski definition) is 1. The molecule has 0 amide bonds. The SMILES string of the molecule is C1=CCCC(C2=C(c3ccccc3)C(C3C=CC=CC3)NC(C3=C4C5=C(C=CCC5n5c6ccccc6c6ccccc65)OC4CC=C3)=N2)=C1. The fraction of sp³-hybridized carbons (Fsp3) is 0.196. The van der Waals surface area contributed by atoms with Gasteiger partial charge in [-0.15, -0.1) is 0 Å². The van der Waals surface area contributed by atoms with Crippen LogP contribution in [0.1, 0.15) is 43.7 Å². The normalized spacial score (nSPS) is 25.5. The Bertz CT molecular complexity index is 2310. The molecule has 1 aromatic heterocycles. The molecule has 3 aromatic carbocycles. The van der Waals surface area contributed by atoms with Gasteiger partial charge < -0.3 is 14.6 Å². The second-order valence-electron chi connectivity index (χ2n) is 14.0. The van der Waals surface area contributed by atoms with Gasteiger partial charge in [-0.1, -0.05) is 127 Å². The fourth-order valence-corrected chi connectivity index (χ4v) is 8.95. The van der Waals surface area contributed by atoms with Crippen LogP contribution in [0, 0.1) is 5.92 Å². The third-order valence-corrected chi connectivity index (χ3v) is 11.1. The number of amidine groups is 1. The van der Waals surface area contributed by atoms with E-state index in [1.165, 1.54) is 49.7 Å². The molecular weight excluding hydrogens is 611 g/mol. The van der Waals surface area contributed by atoms with Crippen molar-refractivity contribution in [2.24, 2.45) is 10.9 Å². The molecule has 4 aliphatic carbocycles. The molecule has 3 heterocycles. The van der Waals surface area contributed by atoms with E-state index in [4.69, 9.17) is 9.73 Å². The molecule has 4 heteroatoms. The Balaban J connectivity index is 1.19. The predicted molar refractivity (Wildman–Crippen MR) is 205 cm³/mol. The minimum Gasteiger partial charge on any atom is -0.485 e. The van der Waals surface area contributed by atoms with E-state index in [-0.39, 0.29) is 18.2 Å². The van der Waals surface area contributed by atoms with Gasteiger partial charge in [-0.25, -0.2) is 4.99 Å². The first-order chi connectivity index (χ1) is 24.8. The van der Waals surface area contributed by atoms with E-state index >= 15 is 0 Å². The maximum atomic E-state index is 6.85. The quantitative estimate of drug-likeness (QED) is 0.234. The molecule has 4 atom stereocenters. The molecule has 10 rings (SSSR count). The smallest absolute Gasteiger partial charge is 0.134 e. The van der Waals surface area contributed by atoms with Gasteiger partial charge in [-0.3, -0.25) is 0 Å². The zero-order valence-corrected chi connectivity index (χ0v) is 28.0. The summed E-state index contributed by atoms with van der Waals surface area (Å²) in [6.07, 6.45) is 29.6. The van der Waals surface area contributed by atoms with Crippen molar-refractivity contribution in [1.82, 2.24) is 9.88 Å². The first-order valence-corrected chi connectivity index (χ1v) is 18.1. The number of aliphatic imine (C=N–C) groups is 1. The highest BCUT2D eigenvalue weighted by molar-refractivity contribution is 6.09. The van der Waals surface area contributed by atoms with Gasteiger partial charge in [0.15, 0.2) is 0 Å². The van der Waals surface area contributed by atoms with Crippen molar-refractivity contribution in [3.63, 3.8) is 0 Å². The highest BCUT2D eigenvalue weighted by Gasteiger charge is 2.42. The van der Waals surface area contributed by atoms with Crippen LogP contribution in [-0.2, 0) is 4.74 Å². The standard InChI is InChI=1S/C46H39N3O/c1-4-16-30(17-5-1)41-44(31-18-6-2-7-19-31)47-46(48-45(41)32-20-8-3-9-21-32)35-24-14-28-39-42(35)43-38(27-15-29-40(43)50-39)49-36-25-12-10-22-33(36)34-23-11-13-26-37(34)49/h1-8,10-18,20,22-26,29,31,38-39,44H,9,19,21,27-28H2,(H,47,48). The molecule has 6 aliphatic rings. The van der Waals surface area contributed by atoms with E-state index in [9.17, 15) is 0 Å². The van der Waals surface area contributed by atoms with Crippen molar-refractivity contribution < 1.29 is 4.74 Å². The van der Waals surface area contributed by atoms with Gasteiger partial charge in [0.2, 0.25) is 0 Å². The summed E-state index contributed by atoms with van der Waals surface area (Å²) < 4.78 is 9.42. The summed E-state index contributed by atoms with van der Waals surface area (Å²) in [6.45, 7) is 0. The maximum absolute atomic E-state index is 6.85. The molecular formula is C46H39N3O. The Morgan fingerprint density at radius 1 is 0.700 bits per heavy atom. The van der Waals surface area contributed by atoms with Crippen molar-refractivity contribution in [2.75, 3.05) is 0 Å². The number of fused-ring (bicyclic) bond motifs is 5. The summed E-state index contributed by atoms with van der Waals surface area (Å²) in [5.74, 6) is 2.24. The number of hydrogen-bond acceptors (Lipinski definition) is 3. The molecule has 1 N–H and O–H groups in total. The van der Waals surface area contributed by atoms with E-state index in [1.54, 1.807) is 0 Å². The number of rotatable bonds is 5. The molecule has 2 aliphatic heterocycles. The van der Waals surface area contributed by atoms with E-state index in [2.05, 4.69) is 156 Å². The zero-order chi connectivity index (χ0) is 33.0. The second-order valence-corrected chi connectivity index (χ2v) is 14.0. The van der Waals surface area contributed by atoms with Crippen LogP contribution in [0.3, 0.4) is 0 Å². The summed E-state index contributed by atoms with van der Waals surface area (Å²) in [6, 6.07) is 28.8. The van der Waals surface area contributed by atoms with Gasteiger partial charge in [0, 0.05) is 56.4 Å². The minimum atomic E-state index is -0.0430. The van der Waals surface area contributed by atoms with E-state index < -0.39 is 0 Å². The largest absolute Gasteiger partial charge is 0.485 e. The van der Waals surface area contributed by atoms with Crippen LogP contribution in [0.4, 0.5) is 0 Å². The van der Waals surface area contributed by atoms with Gasteiger partial charge in [0.05, 0.1) is 17.8 Å². The van der Waals surface area contributed by atoms with Crippen LogP contribution in [0.15, 0.2) is 184 Å². The monoisotopic (exact) mass is 649 g/mol. The van der Waals surface area contributed by atoms with Crippen molar-refractivity contribution in [1.29, 1.82) is 0 Å². The molecule has 0 fully saturated rings. The van der Waals surface area contributed by atoms with E-state index in [0.717, 1.165) is 55.0 Å². The van der Waals surface area contributed by atoms with Gasteiger partial charge in [0.25, 0.3) is 0 Å². The molecule has 50 heavy (non-hydrogen) atoms. The first kappa shape index (κ1) is 29.3. The maximum Gasteiger partial charge on any atom is 0.134 e. The molecule has 0 saturated carbocycles. The summed E-state index contributed by atoms with van der Waals surface area (Å²) in [5, 5.41) is 6.66. The van der Waals surface area contributed by atoms with Crippen LogP contribution in [0.25, 0.3) is 27.4 Å². The van der Waals surface area contributed by atoms with Crippen molar-refractivity contribution in [2.45, 2.75) is 50.3 Å². The fourth-order valence-electron chi connectivity index (χ4n) is 8.95. The number of nitrogens with one attached hydrogen (secondary N) is 1. The lowest BCUT2D eigenvalue weighted by atomic mass is 9.79. The molecule has 4 aromatic rings. The first-order valence-electron chi connectivity index (χ1n) is 18.1. The summed E-state index contributed by atoms with van der Waals surface area (Å²) >= 11 is 0. The average molecular weight is 650 g/mol. The molecule has 0 saturated heterocycles. The van der Waals surface area contributed by atoms with Gasteiger partial charge in [0.1, 0.15) is 17.7 Å². The average Bonchev–Trinajstić information content (AvgIpc) is 3.75. The second kappa shape index (κ2) is 12.1. The Morgan fingerprint density at radius 2 is 1.48 bits per heavy atom. The summed E-state index contributed by atoms with van der Waals surface area (Å²) in [5.41, 5.74) is 11.2. The molecule has 244 valence electrons. The molecule has 0 bridgehead atoms. The summed E-state index contributed by atoms with van der Waals surface area (Å²) in [4.78, 5) is 5.65. The minimum absolute atomic E-state index is 0.0430. The van der Waals surface area contributed by atoms with Crippen molar-refractivity contribution in [3.8, 4) is 0 Å². The Hall–Kier alpha value is -5.61. The Morgan fingerprint density at radius 3 is 2.24 bits per heavy atom. The number of ether oxygens (including phenoxy) is 1. The van der Waals surface area contributed by atoms with Gasteiger partial charge >= 0.3 is 0 Å². The van der Waals surface area contributed by atoms with Crippen molar-refractivity contribution >= 4 is 33.2 Å². The van der Waals surface area contributed by atoms with Crippen LogP contribution >= 0.6 is 0 Å². The van der Waals surface area contributed by atoms with Crippen LogP contribution < -0.4 is 5.32 Å². The van der Waals surface area contributed by atoms with Crippen LogP contribution in [-0.4, -0.2) is 22.5 Å².